The molecule has 4 rings (SSSR count). The number of thiazole rings is 1. The average molecular weight is 351 g/mol. The van der Waals surface area contributed by atoms with Gasteiger partial charge < -0.3 is 4.74 Å². The minimum atomic E-state index is -0.219. The van der Waals surface area contributed by atoms with Gasteiger partial charge in [0.1, 0.15) is 23.9 Å². The molecule has 0 fully saturated rings. The molecule has 1 amide bonds. The van der Waals surface area contributed by atoms with E-state index in [2.05, 4.69) is 20.4 Å². The highest BCUT2D eigenvalue weighted by Gasteiger charge is 2.12. The van der Waals surface area contributed by atoms with Crippen LogP contribution in [0.3, 0.4) is 0 Å². The number of para-hydroxylation sites is 1. The fraction of sp³-hybridized carbons (Fsp3) is 0.0588. The van der Waals surface area contributed by atoms with E-state index in [4.69, 9.17) is 4.74 Å². The molecule has 0 aliphatic heterocycles. The van der Waals surface area contributed by atoms with Crippen LogP contribution in [-0.2, 0) is 0 Å². The van der Waals surface area contributed by atoms with Gasteiger partial charge in [0, 0.05) is 5.56 Å². The van der Waals surface area contributed by atoms with E-state index < -0.39 is 0 Å². The highest BCUT2D eigenvalue weighted by molar-refractivity contribution is 7.22. The number of rotatable bonds is 4. The van der Waals surface area contributed by atoms with E-state index in [0.717, 1.165) is 15.9 Å². The first kappa shape index (κ1) is 15.3. The Bertz CT molecular complexity index is 1030. The molecule has 0 spiro atoms. The van der Waals surface area contributed by atoms with Crippen LogP contribution in [0.2, 0.25) is 0 Å². The summed E-state index contributed by atoms with van der Waals surface area (Å²) < 4.78 is 7.88. The molecular formula is C17H13N5O2S. The predicted octanol–water partition coefficient (Wildman–Crippen LogP) is 3.14. The van der Waals surface area contributed by atoms with Gasteiger partial charge in [-0.3, -0.25) is 10.1 Å². The van der Waals surface area contributed by atoms with Crippen LogP contribution in [0.4, 0.5) is 5.13 Å². The molecule has 0 radical (unpaired) electrons. The zero-order valence-corrected chi connectivity index (χ0v) is 14.0. The topological polar surface area (TPSA) is 81.9 Å². The lowest BCUT2D eigenvalue weighted by Crippen LogP contribution is -2.11. The fourth-order valence-corrected chi connectivity index (χ4v) is 3.30. The van der Waals surface area contributed by atoms with E-state index in [1.807, 2.05) is 30.3 Å². The Morgan fingerprint density at radius 3 is 2.76 bits per heavy atom. The van der Waals surface area contributed by atoms with Gasteiger partial charge in [0.2, 0.25) is 0 Å². The summed E-state index contributed by atoms with van der Waals surface area (Å²) >= 11 is 1.41. The van der Waals surface area contributed by atoms with E-state index in [1.165, 1.54) is 17.7 Å². The Morgan fingerprint density at radius 1 is 1.20 bits per heavy atom. The number of ether oxygens (including phenoxy) is 1. The van der Waals surface area contributed by atoms with Crippen molar-refractivity contribution < 1.29 is 9.53 Å². The third-order valence-corrected chi connectivity index (χ3v) is 4.57. The van der Waals surface area contributed by atoms with Gasteiger partial charge in [-0.2, -0.15) is 5.10 Å². The molecule has 2 aromatic carbocycles. The first-order valence-corrected chi connectivity index (χ1v) is 8.26. The summed E-state index contributed by atoms with van der Waals surface area (Å²) in [5.74, 6) is 0.467. The number of nitrogens with one attached hydrogen (secondary N) is 1. The number of methoxy groups -OCH3 is 1. The summed E-state index contributed by atoms with van der Waals surface area (Å²) in [5, 5.41) is 7.42. The molecule has 0 aliphatic rings. The Labute approximate surface area is 146 Å². The van der Waals surface area contributed by atoms with Crippen molar-refractivity contribution >= 4 is 32.6 Å². The lowest BCUT2D eigenvalue weighted by Gasteiger charge is -2.04. The largest absolute Gasteiger partial charge is 0.494 e. The first-order valence-electron chi connectivity index (χ1n) is 7.44. The smallest absolute Gasteiger partial charge is 0.257 e. The number of amides is 1. The summed E-state index contributed by atoms with van der Waals surface area (Å²) in [4.78, 5) is 20.8. The summed E-state index contributed by atoms with van der Waals surface area (Å²) in [5.41, 5.74) is 2.11. The number of hydrogen-bond donors (Lipinski definition) is 1. The normalized spacial score (nSPS) is 10.8. The number of carbonyl (C=O) groups is 1. The highest BCUT2D eigenvalue weighted by Crippen LogP contribution is 2.32. The van der Waals surface area contributed by atoms with Gasteiger partial charge in [-0.15, -0.1) is 0 Å². The number of hydrogen-bond acceptors (Lipinski definition) is 6. The molecule has 0 aliphatic carbocycles. The van der Waals surface area contributed by atoms with Gasteiger partial charge in [0.15, 0.2) is 5.13 Å². The van der Waals surface area contributed by atoms with Crippen molar-refractivity contribution in [2.24, 2.45) is 0 Å². The van der Waals surface area contributed by atoms with Crippen LogP contribution in [0.5, 0.6) is 5.75 Å². The molecule has 1 N–H and O–H groups in total. The molecule has 124 valence electrons. The molecule has 4 aromatic rings. The quantitative estimate of drug-likeness (QED) is 0.611. The third-order valence-electron chi connectivity index (χ3n) is 3.64. The van der Waals surface area contributed by atoms with Crippen LogP contribution < -0.4 is 10.1 Å². The number of carbonyl (C=O) groups excluding carboxylic acids is 1. The maximum atomic E-state index is 12.4. The second-order valence-corrected chi connectivity index (χ2v) is 6.20. The van der Waals surface area contributed by atoms with E-state index in [1.54, 1.807) is 30.3 Å². The van der Waals surface area contributed by atoms with Crippen LogP contribution >= 0.6 is 11.3 Å². The van der Waals surface area contributed by atoms with Crippen molar-refractivity contribution in [3.8, 4) is 11.4 Å². The summed E-state index contributed by atoms with van der Waals surface area (Å²) in [6.45, 7) is 0. The van der Waals surface area contributed by atoms with Crippen molar-refractivity contribution in [2.45, 2.75) is 0 Å². The SMILES string of the molecule is COc1cccc2sc(NC(=O)c3ccc(-n4cncn4)cc3)nc12. The number of aromatic nitrogens is 4. The van der Waals surface area contributed by atoms with Gasteiger partial charge in [-0.25, -0.2) is 14.6 Å². The number of anilines is 1. The summed E-state index contributed by atoms with van der Waals surface area (Å²) in [6.07, 6.45) is 3.06. The lowest BCUT2D eigenvalue weighted by molar-refractivity contribution is 0.102. The van der Waals surface area contributed by atoms with Gasteiger partial charge >= 0.3 is 0 Å². The zero-order valence-electron chi connectivity index (χ0n) is 13.2. The number of fused-ring (bicyclic) bond motifs is 1. The second-order valence-electron chi connectivity index (χ2n) is 5.17. The van der Waals surface area contributed by atoms with E-state index >= 15 is 0 Å². The maximum Gasteiger partial charge on any atom is 0.257 e. The van der Waals surface area contributed by atoms with Gasteiger partial charge in [-0.1, -0.05) is 17.4 Å². The monoisotopic (exact) mass is 351 g/mol. The second kappa shape index (κ2) is 6.33. The molecule has 25 heavy (non-hydrogen) atoms. The summed E-state index contributed by atoms with van der Waals surface area (Å²) in [7, 11) is 1.60. The summed E-state index contributed by atoms with van der Waals surface area (Å²) in [6, 6.07) is 12.8. The zero-order chi connectivity index (χ0) is 17.2. The Hall–Kier alpha value is -3.26. The number of nitrogens with zero attached hydrogens (tertiary/aromatic N) is 4. The van der Waals surface area contributed by atoms with Gasteiger partial charge in [0.25, 0.3) is 5.91 Å². The van der Waals surface area contributed by atoms with Gasteiger partial charge in [-0.05, 0) is 36.4 Å². The Morgan fingerprint density at radius 2 is 2.04 bits per heavy atom. The van der Waals surface area contributed by atoms with Crippen LogP contribution in [0.15, 0.2) is 55.1 Å². The lowest BCUT2D eigenvalue weighted by atomic mass is 10.2. The van der Waals surface area contributed by atoms with Crippen LogP contribution in [0.25, 0.3) is 15.9 Å². The molecular weight excluding hydrogens is 338 g/mol. The molecule has 0 bridgehead atoms. The van der Waals surface area contributed by atoms with Gasteiger partial charge in [0.05, 0.1) is 17.5 Å². The molecule has 7 nitrogen and oxygen atoms in total. The molecule has 0 unspecified atom stereocenters. The predicted molar refractivity (Wildman–Crippen MR) is 95.5 cm³/mol. The molecule has 0 saturated carbocycles. The van der Waals surface area contributed by atoms with Crippen LogP contribution in [0.1, 0.15) is 10.4 Å². The molecule has 0 saturated heterocycles. The molecule has 2 aromatic heterocycles. The molecule has 8 heteroatoms. The fourth-order valence-electron chi connectivity index (χ4n) is 2.42. The number of benzene rings is 2. The minimum Gasteiger partial charge on any atom is -0.494 e. The van der Waals surface area contributed by atoms with Crippen molar-refractivity contribution in [3.63, 3.8) is 0 Å². The van der Waals surface area contributed by atoms with E-state index in [9.17, 15) is 4.79 Å². The van der Waals surface area contributed by atoms with E-state index in [0.29, 0.717) is 16.4 Å². The van der Waals surface area contributed by atoms with Crippen LogP contribution in [-0.4, -0.2) is 32.8 Å². The van der Waals surface area contributed by atoms with Crippen molar-refractivity contribution in [2.75, 3.05) is 12.4 Å². The molecule has 0 atom stereocenters. The Balaban J connectivity index is 1.55. The Kier molecular flexibility index (Phi) is 3.87. The van der Waals surface area contributed by atoms with Crippen LogP contribution in [0, 0.1) is 0 Å². The molecule has 2 heterocycles. The standard InChI is InChI=1S/C17H13N5O2S/c1-24-13-3-2-4-14-15(13)20-17(25-14)21-16(23)11-5-7-12(8-6-11)22-10-18-9-19-22/h2-10H,1H3,(H,20,21,23). The average Bonchev–Trinajstić information content (AvgIpc) is 3.30. The third kappa shape index (κ3) is 2.94. The minimum absolute atomic E-state index is 0.219. The van der Waals surface area contributed by atoms with Crippen molar-refractivity contribution in [1.82, 2.24) is 19.7 Å². The maximum absolute atomic E-state index is 12.4. The van der Waals surface area contributed by atoms with Crippen molar-refractivity contribution in [1.29, 1.82) is 0 Å². The highest BCUT2D eigenvalue weighted by atomic mass is 32.1. The van der Waals surface area contributed by atoms with E-state index in [-0.39, 0.29) is 5.91 Å². The first-order chi connectivity index (χ1) is 12.2. The van der Waals surface area contributed by atoms with Crippen molar-refractivity contribution in [3.05, 3.63) is 60.7 Å².